The average molecular weight is 543 g/mol. The molecule has 0 unspecified atom stereocenters. The summed E-state index contributed by atoms with van der Waals surface area (Å²) in [4.78, 5) is 0. The monoisotopic (exact) mass is 542 g/mol. The summed E-state index contributed by atoms with van der Waals surface area (Å²) in [6.45, 7) is 0. The molecule has 0 atom stereocenters. The molecular weight excluding hydrogens is 508 g/mol. The first kappa shape index (κ1) is 16.8. The van der Waals surface area contributed by atoms with Crippen LogP contribution in [-0.4, -0.2) is 0 Å². The van der Waals surface area contributed by atoms with Gasteiger partial charge in [-0.15, -0.1) is 0 Å². The zero-order valence-electron chi connectivity index (χ0n) is 30.4. The molecule has 0 aliphatic carbocycles. The SMILES string of the molecule is [2H]c1c([2H])c([2H])c2c(-c3ccc4oc5cc6ccccc6cc5c4c3)c3c([2H])c([2H])c([2H])c([2H])c3c(Cc3ccc4ccccc4c3)c2c1[2H]. The Bertz CT molecular complexity index is 2860. The molecule has 0 N–H and O–H groups in total. The van der Waals surface area contributed by atoms with Crippen molar-refractivity contribution < 1.29 is 15.4 Å². The van der Waals surface area contributed by atoms with E-state index in [4.69, 9.17) is 9.90 Å². The van der Waals surface area contributed by atoms with E-state index in [0.717, 1.165) is 37.9 Å². The number of benzene rings is 8. The summed E-state index contributed by atoms with van der Waals surface area (Å²) in [5.74, 6) is 0. The van der Waals surface area contributed by atoms with Crippen LogP contribution in [0.5, 0.6) is 0 Å². The third kappa shape index (κ3) is 3.57. The van der Waals surface area contributed by atoms with Gasteiger partial charge in [-0.3, -0.25) is 0 Å². The first-order valence-electron chi connectivity index (χ1n) is 17.9. The van der Waals surface area contributed by atoms with Gasteiger partial charge in [0.2, 0.25) is 0 Å². The van der Waals surface area contributed by atoms with Crippen LogP contribution in [0.2, 0.25) is 0 Å². The van der Waals surface area contributed by atoms with Crippen molar-refractivity contribution in [2.24, 2.45) is 0 Å². The van der Waals surface area contributed by atoms with Crippen LogP contribution in [-0.2, 0) is 6.42 Å². The van der Waals surface area contributed by atoms with Crippen LogP contribution in [0.15, 0.2) is 150 Å². The van der Waals surface area contributed by atoms with Gasteiger partial charge in [-0.1, -0.05) is 121 Å². The predicted molar refractivity (Wildman–Crippen MR) is 178 cm³/mol. The molecule has 0 bridgehead atoms. The highest BCUT2D eigenvalue weighted by molar-refractivity contribution is 6.17. The van der Waals surface area contributed by atoms with E-state index in [2.05, 4.69) is 6.07 Å². The van der Waals surface area contributed by atoms with Gasteiger partial charge in [0.1, 0.15) is 11.2 Å². The lowest BCUT2D eigenvalue weighted by Crippen LogP contribution is -1.95. The van der Waals surface area contributed by atoms with Crippen LogP contribution in [0.3, 0.4) is 0 Å². The van der Waals surface area contributed by atoms with Gasteiger partial charge in [0, 0.05) is 10.8 Å². The lowest BCUT2D eigenvalue weighted by Gasteiger charge is -2.18. The summed E-state index contributed by atoms with van der Waals surface area (Å²) in [5, 5.41) is 6.64. The highest BCUT2D eigenvalue weighted by atomic mass is 16.3. The molecule has 1 heterocycles. The Hall–Kier alpha value is -5.40. The summed E-state index contributed by atoms with van der Waals surface area (Å²) in [5.41, 5.74) is 3.47. The molecule has 1 aromatic heterocycles. The average Bonchev–Trinajstić information content (AvgIpc) is 3.49. The lowest BCUT2D eigenvalue weighted by atomic mass is 9.86. The Labute approximate surface area is 254 Å². The van der Waals surface area contributed by atoms with E-state index >= 15 is 0 Å². The van der Waals surface area contributed by atoms with Crippen molar-refractivity contribution in [2.75, 3.05) is 0 Å². The summed E-state index contributed by atoms with van der Waals surface area (Å²) in [6, 6.07) is 28.7. The number of rotatable bonds is 3. The van der Waals surface area contributed by atoms with E-state index in [1.807, 2.05) is 84.9 Å². The molecule has 0 aliphatic rings. The number of furan rings is 1. The second-order valence-corrected chi connectivity index (χ2v) is 10.7. The second-order valence-electron chi connectivity index (χ2n) is 10.7. The Kier molecular flexibility index (Phi) is 3.62. The summed E-state index contributed by atoms with van der Waals surface area (Å²) < 4.78 is 78.0. The van der Waals surface area contributed by atoms with E-state index in [1.165, 1.54) is 0 Å². The number of hydrogen-bond acceptors (Lipinski definition) is 1. The zero-order chi connectivity index (χ0) is 34.6. The molecule has 0 amide bonds. The summed E-state index contributed by atoms with van der Waals surface area (Å²) >= 11 is 0. The Morgan fingerprint density at radius 2 is 1.07 bits per heavy atom. The number of hydrogen-bond donors (Lipinski definition) is 0. The third-order valence-corrected chi connectivity index (χ3v) is 8.30. The van der Waals surface area contributed by atoms with Crippen LogP contribution >= 0.6 is 0 Å². The van der Waals surface area contributed by atoms with Crippen molar-refractivity contribution in [3.05, 3.63) is 157 Å². The van der Waals surface area contributed by atoms with Gasteiger partial charge in [0.05, 0.1) is 11.0 Å². The van der Waals surface area contributed by atoms with Gasteiger partial charge in [-0.25, -0.2) is 0 Å². The van der Waals surface area contributed by atoms with Crippen molar-refractivity contribution in [3.8, 4) is 11.1 Å². The fourth-order valence-electron chi connectivity index (χ4n) is 6.34. The van der Waals surface area contributed by atoms with Gasteiger partial charge in [-0.05, 0) is 96.0 Å². The van der Waals surface area contributed by atoms with Crippen molar-refractivity contribution >= 4 is 65.0 Å². The molecule has 8 aromatic carbocycles. The van der Waals surface area contributed by atoms with Crippen molar-refractivity contribution in [1.29, 1.82) is 0 Å². The van der Waals surface area contributed by atoms with Crippen LogP contribution in [0, 0.1) is 0 Å². The minimum Gasteiger partial charge on any atom is -0.456 e. The molecule has 42 heavy (non-hydrogen) atoms. The van der Waals surface area contributed by atoms with Crippen molar-refractivity contribution in [2.45, 2.75) is 6.42 Å². The quantitative estimate of drug-likeness (QED) is 0.202. The fraction of sp³-hybridized carbons (Fsp3) is 0.0244. The predicted octanol–water partition coefficient (Wildman–Crippen LogP) is 11.5. The maximum atomic E-state index is 9.25. The van der Waals surface area contributed by atoms with Gasteiger partial charge >= 0.3 is 0 Å². The Morgan fingerprint density at radius 3 is 1.79 bits per heavy atom. The van der Waals surface area contributed by atoms with Gasteiger partial charge in [0.25, 0.3) is 0 Å². The minimum atomic E-state index is -0.415. The van der Waals surface area contributed by atoms with Gasteiger partial charge < -0.3 is 4.42 Å². The standard InChI is InChI=1S/C41H26O/c1-2-10-28-21-26(17-18-27(28)9-1)22-36-32-13-5-7-15-34(32)41(35-16-8-6-14-33(35)36)31-19-20-39-37(24-31)38-23-29-11-3-4-12-30(29)25-40(38)42-39/h1-21,23-25H,22H2/i5D,6D,7D,8D,13D,14D,15D,16D. The molecular formula is C41H26O. The molecule has 1 nitrogen and oxygen atoms in total. The molecule has 0 spiro atoms. The molecule has 9 aromatic rings. The van der Waals surface area contributed by atoms with Crippen molar-refractivity contribution in [1.82, 2.24) is 0 Å². The highest BCUT2D eigenvalue weighted by Crippen LogP contribution is 2.42. The molecule has 0 saturated heterocycles. The Balaban J connectivity index is 1.44. The largest absolute Gasteiger partial charge is 0.456 e. The molecule has 196 valence electrons. The van der Waals surface area contributed by atoms with Crippen LogP contribution in [0.4, 0.5) is 0 Å². The first-order chi connectivity index (χ1) is 24.1. The highest BCUT2D eigenvalue weighted by Gasteiger charge is 2.17. The second kappa shape index (κ2) is 9.06. The van der Waals surface area contributed by atoms with E-state index in [-0.39, 0.29) is 52.1 Å². The molecule has 0 saturated carbocycles. The minimum absolute atomic E-state index is 0.181. The molecule has 1 heteroatoms. The number of fused-ring (bicyclic) bond motifs is 7. The third-order valence-electron chi connectivity index (χ3n) is 8.30. The smallest absolute Gasteiger partial charge is 0.136 e. The van der Waals surface area contributed by atoms with E-state index in [1.54, 1.807) is 6.07 Å². The van der Waals surface area contributed by atoms with E-state index in [0.29, 0.717) is 27.9 Å². The lowest BCUT2D eigenvalue weighted by molar-refractivity contribution is 0.669. The fourth-order valence-corrected chi connectivity index (χ4v) is 6.34. The first-order valence-corrected chi connectivity index (χ1v) is 13.9. The van der Waals surface area contributed by atoms with Gasteiger partial charge in [0.15, 0.2) is 0 Å². The maximum absolute atomic E-state index is 9.25. The Morgan fingerprint density at radius 1 is 0.476 bits per heavy atom. The van der Waals surface area contributed by atoms with E-state index < -0.39 is 24.2 Å². The normalized spacial score (nSPS) is 14.6. The van der Waals surface area contributed by atoms with Crippen LogP contribution < -0.4 is 0 Å². The van der Waals surface area contributed by atoms with Crippen LogP contribution in [0.1, 0.15) is 22.1 Å². The molecule has 0 fully saturated rings. The zero-order valence-corrected chi connectivity index (χ0v) is 22.4. The van der Waals surface area contributed by atoms with Gasteiger partial charge in [-0.2, -0.15) is 0 Å². The summed E-state index contributed by atoms with van der Waals surface area (Å²) in [7, 11) is 0. The van der Waals surface area contributed by atoms with Crippen LogP contribution in [0.25, 0.3) is 76.2 Å². The summed E-state index contributed by atoms with van der Waals surface area (Å²) in [6.07, 6.45) is 0.181. The molecule has 0 radical (unpaired) electrons. The maximum Gasteiger partial charge on any atom is 0.136 e. The topological polar surface area (TPSA) is 13.1 Å². The van der Waals surface area contributed by atoms with E-state index in [9.17, 15) is 5.48 Å². The molecule has 9 rings (SSSR count). The van der Waals surface area contributed by atoms with Crippen molar-refractivity contribution in [3.63, 3.8) is 0 Å². The molecule has 0 aliphatic heterocycles.